The minimum absolute atomic E-state index is 0.00539. The Morgan fingerprint density at radius 1 is 0.407 bits per heavy atom. The van der Waals surface area contributed by atoms with E-state index in [0.29, 0.717) is 6.29 Å². The fourth-order valence-corrected chi connectivity index (χ4v) is 13.5. The maximum absolute atomic E-state index is 15.1. The molecule has 108 heavy (non-hydrogen) atoms. The zero-order valence-electron chi connectivity index (χ0n) is 64.2. The summed E-state index contributed by atoms with van der Waals surface area (Å²) in [6.45, 7) is 1.98. The van der Waals surface area contributed by atoms with Crippen molar-refractivity contribution in [2.75, 3.05) is 47.3 Å². The van der Waals surface area contributed by atoms with Crippen molar-refractivity contribution in [3.63, 3.8) is 0 Å². The molecule has 0 bridgehead atoms. The third-order valence-electron chi connectivity index (χ3n) is 18.6. The molecule has 0 radical (unpaired) electrons. The topological polar surface area (TPSA) is 189 Å². The molecule has 0 unspecified atom stereocenters. The quantitative estimate of drug-likeness (QED) is 0.0323. The summed E-state index contributed by atoms with van der Waals surface area (Å²) in [5, 5.41) is 33.6. The van der Waals surface area contributed by atoms with Crippen molar-refractivity contribution < 1.29 is 91.2 Å². The largest absolute Gasteiger partial charge is 0.491 e. The summed E-state index contributed by atoms with van der Waals surface area (Å²) in [4.78, 5) is 13.4. The van der Waals surface area contributed by atoms with Crippen LogP contribution in [0.25, 0.3) is 0 Å². The van der Waals surface area contributed by atoms with E-state index in [1.54, 1.807) is 26.0 Å². The summed E-state index contributed by atoms with van der Waals surface area (Å²) >= 11 is 13.5. The predicted molar refractivity (Wildman–Crippen MR) is 406 cm³/mol. The molecule has 2 fully saturated rings. The van der Waals surface area contributed by atoms with Gasteiger partial charge in [-0.2, -0.15) is 0 Å². The number of aliphatic hydroxyl groups is 3. The van der Waals surface area contributed by atoms with Crippen LogP contribution in [-0.4, -0.2) is 117 Å². The third-order valence-corrected chi connectivity index (χ3v) is 19.3. The molecule has 12 rings (SSSR count). The van der Waals surface area contributed by atoms with Crippen LogP contribution in [0.2, 0.25) is 10.0 Å². The maximum Gasteiger partial charge on any atom is 0.225 e. The molecule has 0 spiro atoms. The monoisotopic (exact) mass is 1510 g/mol. The van der Waals surface area contributed by atoms with Gasteiger partial charge in [0.2, 0.25) is 11.6 Å². The van der Waals surface area contributed by atoms with Crippen molar-refractivity contribution >= 4 is 29.5 Å². The molecule has 2 heterocycles. The predicted octanol–water partition coefficient (Wildman–Crippen LogP) is 15.8. The van der Waals surface area contributed by atoms with Crippen LogP contribution in [0.15, 0.2) is 255 Å². The molecule has 2 aliphatic rings. The number of carbonyl (C=O) groups excluding carboxylic acids is 1. The molecule has 10 aromatic rings. The summed E-state index contributed by atoms with van der Waals surface area (Å²) in [6.07, 6.45) is -11.2. The minimum Gasteiger partial charge on any atom is -0.491 e. The van der Waals surface area contributed by atoms with Gasteiger partial charge in [0.15, 0.2) is 35.0 Å². The average molecular weight is 1520 g/mol. The number of carbonyl (C=O) groups is 1. The highest BCUT2D eigenvalue weighted by atomic mass is 35.5. The Bertz CT molecular complexity index is 4630. The van der Waals surface area contributed by atoms with Gasteiger partial charge in [-0.1, -0.05) is 229 Å². The normalized spacial score (nSPS) is 22.5. The fraction of sp³-hybridized carbons (Fsp3) is 0.307. The van der Waals surface area contributed by atoms with Crippen LogP contribution in [0.4, 0.5) is 8.78 Å². The van der Waals surface area contributed by atoms with Crippen LogP contribution in [0.1, 0.15) is 86.1 Å². The number of aldehydes is 1. The van der Waals surface area contributed by atoms with E-state index in [4.69, 9.17) is 80.0 Å². The Morgan fingerprint density at radius 2 is 0.731 bits per heavy atom. The molecule has 0 amide bonds. The lowest BCUT2D eigenvalue weighted by molar-refractivity contribution is -0.417. The van der Waals surface area contributed by atoms with Gasteiger partial charge in [-0.25, -0.2) is 8.78 Å². The second-order valence-electron chi connectivity index (χ2n) is 25.7. The Hall–Kier alpha value is -8.61. The fourth-order valence-electron chi connectivity index (χ4n) is 13.2. The zero-order chi connectivity index (χ0) is 79.5. The van der Waals surface area contributed by atoms with E-state index in [0.717, 1.165) is 45.5 Å². The first-order valence-electron chi connectivity index (χ1n) is 37.4. The number of ether oxygens (including phenoxy) is 12. The summed E-state index contributed by atoms with van der Waals surface area (Å²) in [7, 11) is 2.75. The van der Waals surface area contributed by atoms with E-state index in [1.807, 2.05) is 182 Å². The molecular weight excluding hydrogens is 1420 g/mol. The van der Waals surface area contributed by atoms with E-state index in [-0.39, 0.29) is 108 Å². The molecule has 0 aromatic heterocycles. The van der Waals surface area contributed by atoms with E-state index in [1.165, 1.54) is 62.8 Å². The van der Waals surface area contributed by atoms with Crippen molar-refractivity contribution in [3.8, 4) is 11.5 Å². The van der Waals surface area contributed by atoms with E-state index >= 15 is 8.78 Å². The molecule has 0 aliphatic carbocycles. The average Bonchev–Trinajstić information content (AvgIpc) is 0.720. The molecule has 16 nitrogen and oxygen atoms in total. The van der Waals surface area contributed by atoms with Crippen LogP contribution >= 0.6 is 23.2 Å². The Kier molecular flexibility index (Phi) is 26.8. The number of methoxy groups -OCH3 is 2. The first-order valence-corrected chi connectivity index (χ1v) is 36.2. The molecule has 3 N–H and O–H groups in total. The smallest absolute Gasteiger partial charge is 0.225 e. The van der Waals surface area contributed by atoms with Crippen LogP contribution in [0.3, 0.4) is 0 Å². The first-order chi connectivity index (χ1) is 54.2. The van der Waals surface area contributed by atoms with Gasteiger partial charge in [0.05, 0.1) is 72.7 Å². The van der Waals surface area contributed by atoms with Gasteiger partial charge in [-0.15, -0.1) is 0 Å². The Balaban J connectivity index is 0.000000221. The number of halogens is 4. The van der Waals surface area contributed by atoms with Gasteiger partial charge >= 0.3 is 0 Å². The van der Waals surface area contributed by atoms with Crippen LogP contribution in [0.5, 0.6) is 11.5 Å². The Morgan fingerprint density at radius 3 is 1.05 bits per heavy atom. The molecule has 9 atom stereocenters. The minimum atomic E-state index is -2.36. The van der Waals surface area contributed by atoms with Crippen molar-refractivity contribution in [2.24, 2.45) is 0 Å². The van der Waals surface area contributed by atoms with E-state index < -0.39 is 104 Å². The lowest BCUT2D eigenvalue weighted by Crippen LogP contribution is -2.72. The van der Waals surface area contributed by atoms with E-state index in [2.05, 4.69) is 0 Å². The number of rotatable bonds is 34. The van der Waals surface area contributed by atoms with Gasteiger partial charge in [-0.05, 0) is 131 Å². The van der Waals surface area contributed by atoms with Gasteiger partial charge in [0.25, 0.3) is 0 Å². The van der Waals surface area contributed by atoms with Crippen molar-refractivity contribution in [2.45, 2.75) is 126 Å². The summed E-state index contributed by atoms with van der Waals surface area (Å²) in [6, 6.07) is 73.3. The van der Waals surface area contributed by atoms with Gasteiger partial charge in [0.1, 0.15) is 42.2 Å². The highest BCUT2D eigenvalue weighted by molar-refractivity contribution is 6.31. The highest BCUT2D eigenvalue weighted by Gasteiger charge is 2.66. The summed E-state index contributed by atoms with van der Waals surface area (Å²) in [5.41, 5.74) is 1.29. The lowest BCUT2D eigenvalue weighted by atomic mass is 9.80. The number of aliphatic hydroxyl groups excluding tert-OH is 3. The maximum atomic E-state index is 15.1. The SMILES string of the molecule is [2H]C([2H])(c1ccc(OCC)c(F)c1)c1cc([C@]2(OC)OC(CO)(CO)[C@@H](OCc3ccccc3)[C@H](OCc3ccccc3)[C@H]2OCc2ccccc2)ccc1Cl.[2H]C([2H])(c1ccc(OCC)c(F)c1)c1cc([C@]2(OC)O[C@@](C=O)(CO)[C@@H](OCc3ccccc3)[C@H](OCc3ccccc3)[C@H]2OCc2ccccc2)ccc1Cl. The number of benzene rings is 10. The highest BCUT2D eigenvalue weighted by Crippen LogP contribution is 2.50. The molecule has 20 heteroatoms. The third kappa shape index (κ3) is 19.1. The molecular formula is C88H90Cl2F2O16. The van der Waals surface area contributed by atoms with Gasteiger partial charge < -0.3 is 72.2 Å². The van der Waals surface area contributed by atoms with Crippen LogP contribution in [0, 0.1) is 11.6 Å². The second kappa shape index (κ2) is 38.6. The number of hydrogen-bond donors (Lipinski definition) is 3. The Labute approximate surface area is 645 Å². The summed E-state index contributed by atoms with van der Waals surface area (Å²) < 4.78 is 144. The van der Waals surface area contributed by atoms with Crippen LogP contribution in [-0.2, 0) is 116 Å². The first kappa shape index (κ1) is 74.8. The molecule has 2 saturated heterocycles. The lowest BCUT2D eigenvalue weighted by Gasteiger charge is -2.56. The van der Waals surface area contributed by atoms with Crippen molar-refractivity contribution in [3.05, 3.63) is 343 Å². The van der Waals surface area contributed by atoms with Crippen molar-refractivity contribution in [1.29, 1.82) is 0 Å². The molecule has 2 aliphatic heterocycles. The molecule has 0 saturated carbocycles. The second-order valence-corrected chi connectivity index (χ2v) is 26.6. The van der Waals surface area contributed by atoms with Gasteiger partial charge in [0, 0.05) is 40.9 Å². The molecule has 566 valence electrons. The zero-order valence-corrected chi connectivity index (χ0v) is 61.7. The van der Waals surface area contributed by atoms with Crippen LogP contribution < -0.4 is 9.47 Å². The summed E-state index contributed by atoms with van der Waals surface area (Å²) in [5.74, 6) is -5.51. The van der Waals surface area contributed by atoms with Crippen molar-refractivity contribution in [1.82, 2.24) is 0 Å². The molecule has 10 aromatic carbocycles. The number of hydrogen-bond acceptors (Lipinski definition) is 16. The van der Waals surface area contributed by atoms with Gasteiger partial charge in [-0.3, -0.25) is 4.79 Å². The van der Waals surface area contributed by atoms with E-state index in [9.17, 15) is 25.6 Å². The standard InChI is InChI=1S/C44H46ClFO8.C44H44ClFO8/c2*1-3-50-39-22-19-34(24-38(39)46)23-35-25-36(20-21-37(35)45)44(49-2)42(53-28-33-17-11-6-12-18-33)40(51-26-31-13-7-4-8-14-31)41(43(29-47,30-48)54-44)52-27-32-15-9-5-10-16-32/h4-22,24-25,40-42,47-48H,3,23,26-30H2,1-2H3;4-22,24-25,29,40-42,48H,3,23,26-28,30H2,1-2H3/t40-,41-,42+,44-;40-,41-,42+,43-,44-/m00/s1/i2*23D2.